The number of carbonyl (C=O) groups excluding carboxylic acids is 2. The highest BCUT2D eigenvalue weighted by Crippen LogP contribution is 2.27. The van der Waals surface area contributed by atoms with Crippen LogP contribution in [0.4, 0.5) is 5.69 Å². The molecule has 7 heteroatoms. The minimum atomic E-state index is -0.895. The molecule has 0 aliphatic carbocycles. The van der Waals surface area contributed by atoms with Gasteiger partial charge in [0, 0.05) is 25.2 Å². The number of carboxylic acid groups (broad SMARTS) is 1. The summed E-state index contributed by atoms with van der Waals surface area (Å²) in [5.41, 5.74) is 0.616. The normalized spacial score (nSPS) is 20.3. The number of halogens is 1. The lowest BCUT2D eigenvalue weighted by molar-refractivity contribution is -0.143. The smallest absolute Gasteiger partial charge is 0.308 e. The molecular weight excluding hydrogens is 368 g/mol. The zero-order valence-electron chi connectivity index (χ0n) is 16.2. The largest absolute Gasteiger partial charge is 0.481 e. The van der Waals surface area contributed by atoms with Gasteiger partial charge in [-0.2, -0.15) is 0 Å². The zero-order valence-corrected chi connectivity index (χ0v) is 17.0. The topological polar surface area (TPSA) is 86.7 Å². The Morgan fingerprint density at radius 3 is 2.52 bits per heavy atom. The summed E-state index contributed by atoms with van der Waals surface area (Å²) in [5.74, 6) is -1.83. The van der Waals surface area contributed by atoms with E-state index >= 15 is 0 Å². The molecular formula is C20H27ClN2O4. The monoisotopic (exact) mass is 394 g/mol. The van der Waals surface area contributed by atoms with E-state index in [1.54, 1.807) is 18.2 Å². The number of carbonyl (C=O) groups is 3. The number of hydrogen-bond donors (Lipinski definition) is 2. The maximum Gasteiger partial charge on any atom is 0.308 e. The van der Waals surface area contributed by atoms with Crippen LogP contribution in [-0.4, -0.2) is 40.9 Å². The van der Waals surface area contributed by atoms with E-state index in [1.807, 2.05) is 27.7 Å². The molecule has 0 radical (unpaired) electrons. The van der Waals surface area contributed by atoms with E-state index in [4.69, 9.17) is 11.6 Å². The molecule has 27 heavy (non-hydrogen) atoms. The average Bonchev–Trinajstić information content (AvgIpc) is 2.53. The summed E-state index contributed by atoms with van der Waals surface area (Å²) in [5, 5.41) is 12.4. The van der Waals surface area contributed by atoms with Gasteiger partial charge in [0.2, 0.25) is 5.91 Å². The minimum absolute atomic E-state index is 0.0947. The molecule has 0 spiro atoms. The summed E-state index contributed by atoms with van der Waals surface area (Å²) < 4.78 is 0. The van der Waals surface area contributed by atoms with E-state index in [-0.39, 0.29) is 40.3 Å². The highest BCUT2D eigenvalue weighted by atomic mass is 35.5. The number of nitrogens with one attached hydrogen (secondary N) is 1. The van der Waals surface area contributed by atoms with E-state index in [2.05, 4.69) is 5.32 Å². The van der Waals surface area contributed by atoms with Crippen LogP contribution in [0.5, 0.6) is 0 Å². The van der Waals surface area contributed by atoms with Crippen LogP contribution in [0.15, 0.2) is 18.2 Å². The van der Waals surface area contributed by atoms with Gasteiger partial charge < -0.3 is 15.3 Å². The first kappa shape index (κ1) is 21.2. The molecule has 1 aromatic carbocycles. The molecule has 1 fully saturated rings. The fourth-order valence-electron chi connectivity index (χ4n) is 3.32. The molecule has 2 atom stereocenters. The summed E-state index contributed by atoms with van der Waals surface area (Å²) in [6, 6.07) is 4.78. The molecule has 0 aromatic heterocycles. The van der Waals surface area contributed by atoms with E-state index in [1.165, 1.54) is 4.90 Å². The van der Waals surface area contributed by atoms with Crippen LogP contribution in [0.2, 0.25) is 5.02 Å². The first-order valence-electron chi connectivity index (χ1n) is 9.08. The Kier molecular flexibility index (Phi) is 6.52. The van der Waals surface area contributed by atoms with Crippen LogP contribution in [0.25, 0.3) is 0 Å². The maximum absolute atomic E-state index is 12.9. The SMILES string of the molecule is CC1CC(C(=O)O)CN(C(=O)c2cc(NC(=O)CC(C)(C)C)ccc2Cl)C1. The fourth-order valence-corrected chi connectivity index (χ4v) is 3.52. The molecule has 1 aromatic rings. The lowest BCUT2D eigenvalue weighted by atomic mass is 9.90. The molecule has 1 aliphatic heterocycles. The van der Waals surface area contributed by atoms with Crippen molar-refractivity contribution in [2.24, 2.45) is 17.3 Å². The number of nitrogens with zero attached hydrogens (tertiary/aromatic N) is 1. The van der Waals surface area contributed by atoms with Crippen LogP contribution in [0.3, 0.4) is 0 Å². The lowest BCUT2D eigenvalue weighted by Gasteiger charge is -2.35. The lowest BCUT2D eigenvalue weighted by Crippen LogP contribution is -2.45. The van der Waals surface area contributed by atoms with Gasteiger partial charge in [-0.15, -0.1) is 0 Å². The number of hydrogen-bond acceptors (Lipinski definition) is 3. The molecule has 2 amide bonds. The molecule has 2 unspecified atom stereocenters. The number of benzene rings is 1. The third-order valence-electron chi connectivity index (χ3n) is 4.47. The van der Waals surface area contributed by atoms with Gasteiger partial charge in [0.1, 0.15) is 0 Å². The van der Waals surface area contributed by atoms with E-state index < -0.39 is 11.9 Å². The standard InChI is InChI=1S/C20H27ClN2O4/c1-12-7-13(19(26)27)11-23(10-12)18(25)15-8-14(5-6-16(15)21)22-17(24)9-20(2,3)4/h5-6,8,12-13H,7,9-11H2,1-4H3,(H,22,24)(H,26,27). The Morgan fingerprint density at radius 1 is 1.26 bits per heavy atom. The Hall–Kier alpha value is -2.08. The summed E-state index contributed by atoms with van der Waals surface area (Å²) in [7, 11) is 0. The molecule has 0 saturated carbocycles. The second kappa shape index (κ2) is 8.30. The van der Waals surface area contributed by atoms with Crippen molar-refractivity contribution < 1.29 is 19.5 Å². The van der Waals surface area contributed by atoms with Gasteiger partial charge in [-0.05, 0) is 36.0 Å². The quantitative estimate of drug-likeness (QED) is 0.810. The molecule has 2 N–H and O–H groups in total. The third kappa shape index (κ3) is 5.96. The summed E-state index contributed by atoms with van der Waals surface area (Å²) >= 11 is 6.21. The molecule has 148 valence electrons. The average molecular weight is 395 g/mol. The Labute approximate surface area is 164 Å². The van der Waals surface area contributed by atoms with E-state index in [0.717, 1.165) is 0 Å². The number of likely N-dealkylation sites (tertiary alicyclic amines) is 1. The van der Waals surface area contributed by atoms with Crippen molar-refractivity contribution in [1.29, 1.82) is 0 Å². The second-order valence-electron chi connectivity index (χ2n) is 8.57. The van der Waals surface area contributed by atoms with Gasteiger partial charge in [0.05, 0.1) is 16.5 Å². The van der Waals surface area contributed by atoms with Crippen molar-refractivity contribution in [2.45, 2.75) is 40.5 Å². The van der Waals surface area contributed by atoms with Crippen LogP contribution < -0.4 is 5.32 Å². The van der Waals surface area contributed by atoms with Gasteiger partial charge in [-0.25, -0.2) is 0 Å². The number of carboxylic acids is 1. The number of piperidine rings is 1. The van der Waals surface area contributed by atoms with Gasteiger partial charge in [-0.1, -0.05) is 39.3 Å². The Morgan fingerprint density at radius 2 is 1.93 bits per heavy atom. The molecule has 0 bridgehead atoms. The second-order valence-corrected chi connectivity index (χ2v) is 8.97. The predicted molar refractivity (Wildman–Crippen MR) is 105 cm³/mol. The highest BCUT2D eigenvalue weighted by Gasteiger charge is 2.33. The van der Waals surface area contributed by atoms with Crippen molar-refractivity contribution in [3.05, 3.63) is 28.8 Å². The van der Waals surface area contributed by atoms with Gasteiger partial charge in [0.15, 0.2) is 0 Å². The van der Waals surface area contributed by atoms with Gasteiger partial charge in [-0.3, -0.25) is 14.4 Å². The first-order valence-corrected chi connectivity index (χ1v) is 9.45. The molecule has 2 rings (SSSR count). The van der Waals surface area contributed by atoms with Crippen molar-refractivity contribution in [3.63, 3.8) is 0 Å². The Bertz CT molecular complexity index is 742. The summed E-state index contributed by atoms with van der Waals surface area (Å²) in [6.07, 6.45) is 0.901. The van der Waals surface area contributed by atoms with E-state index in [0.29, 0.717) is 25.1 Å². The summed E-state index contributed by atoms with van der Waals surface area (Å²) in [4.78, 5) is 38.0. The number of amides is 2. The van der Waals surface area contributed by atoms with Crippen LogP contribution in [-0.2, 0) is 9.59 Å². The van der Waals surface area contributed by atoms with Crippen molar-refractivity contribution in [3.8, 4) is 0 Å². The van der Waals surface area contributed by atoms with Crippen molar-refractivity contribution in [1.82, 2.24) is 4.90 Å². The third-order valence-corrected chi connectivity index (χ3v) is 4.80. The van der Waals surface area contributed by atoms with Gasteiger partial charge >= 0.3 is 5.97 Å². The molecule has 1 aliphatic rings. The minimum Gasteiger partial charge on any atom is -0.481 e. The van der Waals surface area contributed by atoms with Crippen LogP contribution in [0, 0.1) is 17.3 Å². The number of aliphatic carboxylic acids is 1. The highest BCUT2D eigenvalue weighted by molar-refractivity contribution is 6.34. The number of anilines is 1. The molecule has 1 saturated heterocycles. The van der Waals surface area contributed by atoms with Crippen molar-refractivity contribution >= 4 is 35.1 Å². The van der Waals surface area contributed by atoms with Crippen LogP contribution >= 0.6 is 11.6 Å². The van der Waals surface area contributed by atoms with Crippen molar-refractivity contribution in [2.75, 3.05) is 18.4 Å². The fraction of sp³-hybridized carbons (Fsp3) is 0.550. The van der Waals surface area contributed by atoms with E-state index in [9.17, 15) is 19.5 Å². The zero-order chi connectivity index (χ0) is 20.4. The maximum atomic E-state index is 12.9. The Balaban J connectivity index is 2.18. The first-order chi connectivity index (χ1) is 12.5. The number of rotatable bonds is 4. The molecule has 6 nitrogen and oxygen atoms in total. The molecule has 1 heterocycles. The van der Waals surface area contributed by atoms with Gasteiger partial charge in [0.25, 0.3) is 5.91 Å². The predicted octanol–water partition coefficient (Wildman–Crippen LogP) is 3.90. The van der Waals surface area contributed by atoms with Crippen LogP contribution in [0.1, 0.15) is 50.9 Å². The summed E-state index contributed by atoms with van der Waals surface area (Å²) in [6.45, 7) is 8.49.